The number of benzene rings is 20. The summed E-state index contributed by atoms with van der Waals surface area (Å²) >= 11 is 0. The molecule has 0 aliphatic carbocycles. The Morgan fingerprint density at radius 2 is 0.497 bits per heavy atom. The fourth-order valence-corrected chi connectivity index (χ4v) is 24.2. The number of nitrogens with zero attached hydrogens (tertiary/aromatic N) is 11. The molecule has 0 bridgehead atoms. The van der Waals surface area contributed by atoms with Crippen LogP contribution in [0.2, 0.25) is 0 Å². The molecule has 20 aromatic carbocycles. The monoisotopic (exact) mass is 1850 g/mol. The lowest BCUT2D eigenvalue weighted by Gasteiger charge is -2.27. The van der Waals surface area contributed by atoms with Crippen molar-refractivity contribution in [1.29, 1.82) is 0 Å². The number of hydrogen-bond acceptors (Lipinski definition) is 9. The molecule has 0 amide bonds. The SMILES string of the molecule is O=P(c1ccccc1)(c1ccccc1)c1ccc(-c2ccc3c4ccc5cccnc5c4c4nc5ccccc5n4c3c2)cc1.c1ccc(-c2ccc(N(c3ccc(-c4ccccc4)cc3)c3ccc4c5ccc6cccnc6c5c5nc6ccccc6n5c4c3)cc2)cc1.c1ccc(N(c2ccc(-c3ccc4c5ccc6cccnc6c5c5nc6ccccc6n5c4c3)cc2)c2cccc3ccccc23)cc1. The normalized spacial score (nSPS) is 11.8. The van der Waals surface area contributed by atoms with E-state index in [0.29, 0.717) is 0 Å². The molecule has 13 heteroatoms. The molecule has 0 N–H and O–H groups in total. The fraction of sp³-hybridized carbons (Fsp3) is 0. The third kappa shape index (κ3) is 14.2. The van der Waals surface area contributed by atoms with Crippen molar-refractivity contribution in [1.82, 2.24) is 43.1 Å². The van der Waals surface area contributed by atoms with Crippen LogP contribution in [-0.2, 0) is 4.57 Å². The Kier molecular flexibility index (Phi) is 20.2. The van der Waals surface area contributed by atoms with Crippen molar-refractivity contribution in [2.45, 2.75) is 0 Å². The van der Waals surface area contributed by atoms with Gasteiger partial charge in [0.05, 0.1) is 88.0 Å². The van der Waals surface area contributed by atoms with Crippen molar-refractivity contribution in [3.63, 3.8) is 0 Å². The maximum absolute atomic E-state index is 14.9. The van der Waals surface area contributed by atoms with Crippen LogP contribution < -0.4 is 25.7 Å². The molecule has 0 saturated heterocycles. The molecule has 143 heavy (non-hydrogen) atoms. The molecular formula is C130H84N11OP. The van der Waals surface area contributed by atoms with E-state index < -0.39 is 7.14 Å². The zero-order valence-electron chi connectivity index (χ0n) is 77.3. The van der Waals surface area contributed by atoms with Gasteiger partial charge in [-0.05, 0) is 200 Å². The Balaban J connectivity index is 0.000000107. The zero-order chi connectivity index (χ0) is 94.6. The predicted octanol–water partition coefficient (Wildman–Crippen LogP) is 32.4. The quantitative estimate of drug-likeness (QED) is 0.0822. The molecular weight excluding hydrogens is 1760 g/mol. The molecule has 12 nitrogen and oxygen atoms in total. The third-order valence-electron chi connectivity index (χ3n) is 28.3. The first-order valence-electron chi connectivity index (χ1n) is 48.2. The van der Waals surface area contributed by atoms with Crippen LogP contribution in [0.4, 0.5) is 34.1 Å². The summed E-state index contributed by atoms with van der Waals surface area (Å²) in [6.07, 6.45) is 5.60. The highest BCUT2D eigenvalue weighted by molar-refractivity contribution is 7.85. The Hall–Kier alpha value is -18.9. The minimum absolute atomic E-state index is 0.817. The summed E-state index contributed by atoms with van der Waals surface area (Å²) in [5.41, 5.74) is 30.9. The summed E-state index contributed by atoms with van der Waals surface area (Å²) < 4.78 is 21.8. The van der Waals surface area contributed by atoms with Gasteiger partial charge in [-0.25, -0.2) is 15.0 Å². The maximum atomic E-state index is 14.9. The van der Waals surface area contributed by atoms with E-state index in [1.54, 1.807) is 0 Å². The van der Waals surface area contributed by atoms with E-state index in [1.165, 1.54) is 38.4 Å². The number of rotatable bonds is 13. The van der Waals surface area contributed by atoms with E-state index in [1.807, 2.05) is 116 Å². The van der Waals surface area contributed by atoms with Gasteiger partial charge in [-0.15, -0.1) is 0 Å². The number of fused-ring (bicyclic) bond motifs is 31. The van der Waals surface area contributed by atoms with Crippen LogP contribution in [0.5, 0.6) is 0 Å². The van der Waals surface area contributed by atoms with Crippen molar-refractivity contribution in [3.05, 3.63) is 510 Å². The fourth-order valence-electron chi connectivity index (χ4n) is 21.5. The molecule has 0 radical (unpaired) electrons. The van der Waals surface area contributed by atoms with E-state index in [2.05, 4.69) is 417 Å². The Morgan fingerprint density at radius 1 is 0.196 bits per heavy atom. The third-order valence-corrected chi connectivity index (χ3v) is 31.3. The standard InChI is InChI=1S/C46H30N4.C44H28N4.C40H26N3OP/c1-3-10-31(11-4-1)33-17-22-36(23-18-33)49(37-24-19-34(20-25-37)32-12-5-2-6-13-32)38-26-28-39-40-27-21-35-14-9-29-47-45(35)44(40)46-48-41-15-7-8-16-42(41)50(46)43(39)30-38;1-2-13-33(14-3-1)47(39-18-8-11-30-10-4-5-15-35(30)39)34-23-19-29(20-24-34)32-22-25-36-37-26-21-31-12-9-27-45-43(31)42(37)44-46-38-16-6-7-17-40(38)48(44)41(36)28-32;44-45(30-11-3-1-4-12-30,31-13-5-2-6-14-31)32-21-17-27(18-22-32)29-20-23-33-34-24-19-28-10-9-25-41-39(28)38(34)40-42-35-15-7-8-16-36(35)43(40)37(33)26-29/h1-30H;1-28H;1-26H. The molecule has 0 spiro atoms. The second-order valence-electron chi connectivity index (χ2n) is 36.3. The van der Waals surface area contributed by atoms with Crippen LogP contribution in [0.25, 0.3) is 203 Å². The molecule has 29 rings (SSSR count). The second kappa shape index (κ2) is 34.7. The number of pyridine rings is 6. The second-order valence-corrected chi connectivity index (χ2v) is 39.1. The Labute approximate surface area is 821 Å². The van der Waals surface area contributed by atoms with Gasteiger partial charge in [-0.3, -0.25) is 28.2 Å². The van der Waals surface area contributed by atoms with Crippen LogP contribution in [0.1, 0.15) is 0 Å². The van der Waals surface area contributed by atoms with E-state index in [9.17, 15) is 4.57 Å². The first-order chi connectivity index (χ1) is 70.8. The number of imidazole rings is 3. The number of aromatic nitrogens is 9. The van der Waals surface area contributed by atoms with Crippen molar-refractivity contribution < 1.29 is 4.57 Å². The maximum Gasteiger partial charge on any atom is 0.171 e. The molecule has 9 aromatic heterocycles. The molecule has 0 aliphatic heterocycles. The minimum atomic E-state index is -3.04. The highest BCUT2D eigenvalue weighted by atomic mass is 31.2. The molecule has 0 atom stereocenters. The zero-order valence-corrected chi connectivity index (χ0v) is 78.2. The van der Waals surface area contributed by atoms with Crippen molar-refractivity contribution in [3.8, 4) is 44.5 Å². The predicted molar refractivity (Wildman–Crippen MR) is 597 cm³/mol. The topological polar surface area (TPSA) is 114 Å². The molecule has 0 fully saturated rings. The van der Waals surface area contributed by atoms with Gasteiger partial charge in [0, 0.05) is 101 Å². The molecule has 0 saturated carbocycles. The first kappa shape index (κ1) is 83.5. The number of hydrogen-bond donors (Lipinski definition) is 0. The largest absolute Gasteiger partial charge is 0.310 e. The van der Waals surface area contributed by atoms with Crippen molar-refractivity contribution in [2.75, 3.05) is 9.80 Å². The summed E-state index contributed by atoms with van der Waals surface area (Å²) in [5.74, 6) is 0. The van der Waals surface area contributed by atoms with Gasteiger partial charge in [-0.2, -0.15) is 0 Å². The summed E-state index contributed by atoms with van der Waals surface area (Å²) in [5, 5.41) is 18.4. The Bertz CT molecular complexity index is 10000. The van der Waals surface area contributed by atoms with Crippen molar-refractivity contribution >= 4 is 216 Å². The molecule has 670 valence electrons. The van der Waals surface area contributed by atoms with E-state index in [0.717, 1.165) is 215 Å². The molecule has 29 aromatic rings. The summed E-state index contributed by atoms with van der Waals surface area (Å²) in [4.78, 5) is 34.7. The smallest absolute Gasteiger partial charge is 0.171 e. The number of anilines is 6. The van der Waals surface area contributed by atoms with Gasteiger partial charge >= 0.3 is 0 Å². The van der Waals surface area contributed by atoms with E-state index in [4.69, 9.17) is 29.9 Å². The molecule has 0 unspecified atom stereocenters. The Morgan fingerprint density at radius 3 is 0.930 bits per heavy atom. The highest BCUT2D eigenvalue weighted by Gasteiger charge is 2.31. The van der Waals surface area contributed by atoms with E-state index >= 15 is 0 Å². The van der Waals surface area contributed by atoms with Gasteiger partial charge in [0.15, 0.2) is 7.14 Å². The highest BCUT2D eigenvalue weighted by Crippen LogP contribution is 2.48. The van der Waals surface area contributed by atoms with Gasteiger partial charge in [0.25, 0.3) is 0 Å². The van der Waals surface area contributed by atoms with Crippen LogP contribution in [0, 0.1) is 0 Å². The summed E-state index contributed by atoms with van der Waals surface area (Å²) in [7, 11) is -3.04. The minimum Gasteiger partial charge on any atom is -0.310 e. The molecule has 9 heterocycles. The van der Waals surface area contributed by atoms with Crippen molar-refractivity contribution in [2.24, 2.45) is 0 Å². The van der Waals surface area contributed by atoms with Gasteiger partial charge in [-0.1, -0.05) is 358 Å². The molecule has 0 aliphatic rings. The van der Waals surface area contributed by atoms with Crippen LogP contribution >= 0.6 is 7.14 Å². The average Bonchev–Trinajstić information content (AvgIpc) is 1.63. The first-order valence-corrected chi connectivity index (χ1v) is 49.9. The van der Waals surface area contributed by atoms with Crippen LogP contribution in [0.3, 0.4) is 0 Å². The number of para-hydroxylation sites is 7. The lowest BCUT2D eigenvalue weighted by molar-refractivity contribution is 0.592. The van der Waals surface area contributed by atoms with Gasteiger partial charge in [0.1, 0.15) is 16.9 Å². The summed E-state index contributed by atoms with van der Waals surface area (Å²) in [6, 6.07) is 172. The van der Waals surface area contributed by atoms with Crippen LogP contribution in [0.15, 0.2) is 510 Å². The summed E-state index contributed by atoms with van der Waals surface area (Å²) in [6.45, 7) is 0. The van der Waals surface area contributed by atoms with Gasteiger partial charge < -0.3 is 14.4 Å². The lowest BCUT2D eigenvalue weighted by atomic mass is 9.98. The lowest BCUT2D eigenvalue weighted by Crippen LogP contribution is -2.24. The van der Waals surface area contributed by atoms with Crippen LogP contribution in [-0.4, -0.2) is 43.1 Å². The van der Waals surface area contributed by atoms with Gasteiger partial charge in [0.2, 0.25) is 0 Å². The average molecular weight is 1850 g/mol. The van der Waals surface area contributed by atoms with E-state index in [-0.39, 0.29) is 0 Å².